The molecule has 2 aliphatic rings. The monoisotopic (exact) mass is 292 g/mol. The number of nitrogens with one attached hydrogen (secondary N) is 1. The number of rotatable bonds is 5. The molecular weight excluding hydrogens is 268 g/mol. The van der Waals surface area contributed by atoms with Crippen molar-refractivity contribution in [1.82, 2.24) is 10.2 Å². The van der Waals surface area contributed by atoms with Gasteiger partial charge in [0.1, 0.15) is 0 Å². The smallest absolute Gasteiger partial charge is 0.222 e. The highest BCUT2D eigenvalue weighted by Gasteiger charge is 2.25. The largest absolute Gasteiger partial charge is 0.382 e. The van der Waals surface area contributed by atoms with Crippen LogP contribution in [0.15, 0.2) is 0 Å². The molecule has 0 aromatic heterocycles. The van der Waals surface area contributed by atoms with Gasteiger partial charge < -0.3 is 19.7 Å². The Morgan fingerprint density at radius 2 is 2.37 bits per heavy atom. The predicted octanol–water partition coefficient (Wildman–Crippen LogP) is 0.672. The highest BCUT2D eigenvalue weighted by molar-refractivity contribution is 5.85. The SMILES string of the molecule is COCC1CN(C(=O)CCC2CCNC2)CCO1.Cl. The van der Waals surface area contributed by atoms with Crippen molar-refractivity contribution in [1.29, 1.82) is 0 Å². The number of carbonyl (C=O) groups is 1. The van der Waals surface area contributed by atoms with E-state index in [1.165, 1.54) is 6.42 Å². The molecule has 5 nitrogen and oxygen atoms in total. The lowest BCUT2D eigenvalue weighted by atomic mass is 10.0. The fraction of sp³-hybridized carbons (Fsp3) is 0.923. The summed E-state index contributed by atoms with van der Waals surface area (Å²) >= 11 is 0. The van der Waals surface area contributed by atoms with E-state index in [1.54, 1.807) is 7.11 Å². The summed E-state index contributed by atoms with van der Waals surface area (Å²) in [5.74, 6) is 0.955. The number of halogens is 1. The molecule has 2 saturated heterocycles. The molecule has 0 aromatic carbocycles. The van der Waals surface area contributed by atoms with Crippen molar-refractivity contribution < 1.29 is 14.3 Å². The molecule has 2 aliphatic heterocycles. The third-order valence-electron chi connectivity index (χ3n) is 3.77. The van der Waals surface area contributed by atoms with Crippen LogP contribution < -0.4 is 5.32 Å². The van der Waals surface area contributed by atoms with Gasteiger partial charge in [-0.1, -0.05) is 0 Å². The molecular formula is C13H25ClN2O3. The van der Waals surface area contributed by atoms with Crippen LogP contribution in [0.4, 0.5) is 0 Å². The van der Waals surface area contributed by atoms with Gasteiger partial charge in [-0.2, -0.15) is 0 Å². The van der Waals surface area contributed by atoms with Gasteiger partial charge in [0.2, 0.25) is 5.91 Å². The molecule has 19 heavy (non-hydrogen) atoms. The summed E-state index contributed by atoms with van der Waals surface area (Å²) in [5.41, 5.74) is 0. The first-order valence-corrected chi connectivity index (χ1v) is 6.88. The van der Waals surface area contributed by atoms with Gasteiger partial charge >= 0.3 is 0 Å². The minimum Gasteiger partial charge on any atom is -0.382 e. The van der Waals surface area contributed by atoms with Crippen molar-refractivity contribution in [3.05, 3.63) is 0 Å². The number of ether oxygens (including phenoxy) is 2. The third-order valence-corrected chi connectivity index (χ3v) is 3.77. The molecule has 0 aliphatic carbocycles. The maximum absolute atomic E-state index is 12.1. The molecule has 6 heteroatoms. The van der Waals surface area contributed by atoms with Gasteiger partial charge in [-0.25, -0.2) is 0 Å². The molecule has 0 aromatic rings. The number of hydrogen-bond donors (Lipinski definition) is 1. The van der Waals surface area contributed by atoms with Gasteiger partial charge in [-0.15, -0.1) is 12.4 Å². The van der Waals surface area contributed by atoms with Crippen molar-refractivity contribution >= 4 is 18.3 Å². The lowest BCUT2D eigenvalue weighted by Gasteiger charge is -2.32. The molecule has 1 N–H and O–H groups in total. The Hall–Kier alpha value is -0.360. The van der Waals surface area contributed by atoms with E-state index in [0.29, 0.717) is 32.1 Å². The minimum absolute atomic E-state index is 0. The van der Waals surface area contributed by atoms with E-state index in [9.17, 15) is 4.79 Å². The Morgan fingerprint density at radius 3 is 3.05 bits per heavy atom. The van der Waals surface area contributed by atoms with E-state index < -0.39 is 0 Å². The summed E-state index contributed by atoms with van der Waals surface area (Å²) in [7, 11) is 1.66. The van der Waals surface area contributed by atoms with Crippen molar-refractivity contribution in [3.63, 3.8) is 0 Å². The van der Waals surface area contributed by atoms with Crippen molar-refractivity contribution in [2.75, 3.05) is 46.5 Å². The van der Waals surface area contributed by atoms with Crippen LogP contribution in [0.5, 0.6) is 0 Å². The molecule has 0 saturated carbocycles. The normalized spacial score (nSPS) is 27.1. The second kappa shape index (κ2) is 8.74. The average molecular weight is 293 g/mol. The van der Waals surface area contributed by atoms with Crippen LogP contribution in [0.1, 0.15) is 19.3 Å². The fourth-order valence-electron chi connectivity index (χ4n) is 2.68. The third kappa shape index (κ3) is 5.26. The summed E-state index contributed by atoms with van der Waals surface area (Å²) in [5, 5.41) is 3.34. The quantitative estimate of drug-likeness (QED) is 0.809. The van der Waals surface area contributed by atoms with Crippen LogP contribution in [0.3, 0.4) is 0 Å². The molecule has 0 spiro atoms. The molecule has 0 radical (unpaired) electrons. The predicted molar refractivity (Wildman–Crippen MR) is 75.7 cm³/mol. The van der Waals surface area contributed by atoms with E-state index in [-0.39, 0.29) is 24.4 Å². The van der Waals surface area contributed by atoms with E-state index >= 15 is 0 Å². The first-order valence-electron chi connectivity index (χ1n) is 6.88. The van der Waals surface area contributed by atoms with Crippen LogP contribution in [-0.4, -0.2) is 63.4 Å². The molecule has 1 amide bonds. The molecule has 2 heterocycles. The second-order valence-electron chi connectivity index (χ2n) is 5.19. The standard InChI is InChI=1S/C13H24N2O3.ClH/c1-17-10-12-9-15(6-7-18-12)13(16)3-2-11-4-5-14-8-11;/h11-12,14H,2-10H2,1H3;1H. The topological polar surface area (TPSA) is 50.8 Å². The van der Waals surface area contributed by atoms with Gasteiger partial charge in [0.05, 0.1) is 19.3 Å². The summed E-state index contributed by atoms with van der Waals surface area (Å²) in [6.07, 6.45) is 2.94. The van der Waals surface area contributed by atoms with Gasteiger partial charge in [0.15, 0.2) is 0 Å². The Bertz CT molecular complexity index is 271. The maximum atomic E-state index is 12.1. The van der Waals surface area contributed by atoms with E-state index in [1.807, 2.05) is 4.90 Å². The summed E-state index contributed by atoms with van der Waals surface area (Å²) in [6, 6.07) is 0. The Labute approximate surface area is 121 Å². The summed E-state index contributed by atoms with van der Waals surface area (Å²) < 4.78 is 10.6. The molecule has 2 fully saturated rings. The van der Waals surface area contributed by atoms with Crippen LogP contribution in [0.2, 0.25) is 0 Å². The average Bonchev–Trinajstić information content (AvgIpc) is 2.90. The van der Waals surface area contributed by atoms with Crippen molar-refractivity contribution in [3.8, 4) is 0 Å². The zero-order valence-electron chi connectivity index (χ0n) is 11.6. The Balaban J connectivity index is 0.00000180. The van der Waals surface area contributed by atoms with E-state index in [2.05, 4.69) is 5.32 Å². The van der Waals surface area contributed by atoms with Crippen LogP contribution in [-0.2, 0) is 14.3 Å². The zero-order valence-corrected chi connectivity index (χ0v) is 12.4. The Morgan fingerprint density at radius 1 is 1.53 bits per heavy atom. The first-order chi connectivity index (χ1) is 8.79. The zero-order chi connectivity index (χ0) is 12.8. The lowest BCUT2D eigenvalue weighted by Crippen LogP contribution is -2.47. The van der Waals surface area contributed by atoms with Crippen molar-refractivity contribution in [2.24, 2.45) is 5.92 Å². The van der Waals surface area contributed by atoms with E-state index in [0.717, 1.165) is 26.1 Å². The molecule has 0 bridgehead atoms. The summed E-state index contributed by atoms with van der Waals surface area (Å²) in [4.78, 5) is 14.0. The van der Waals surface area contributed by atoms with Crippen LogP contribution >= 0.6 is 12.4 Å². The first kappa shape index (κ1) is 16.7. The van der Waals surface area contributed by atoms with Gasteiger partial charge in [0, 0.05) is 26.6 Å². The minimum atomic E-state index is 0. The number of morpholine rings is 1. The molecule has 2 atom stereocenters. The number of hydrogen-bond acceptors (Lipinski definition) is 4. The van der Waals surface area contributed by atoms with Gasteiger partial charge in [-0.3, -0.25) is 4.79 Å². The number of methoxy groups -OCH3 is 1. The maximum Gasteiger partial charge on any atom is 0.222 e. The van der Waals surface area contributed by atoms with Gasteiger partial charge in [-0.05, 0) is 31.8 Å². The fourth-order valence-corrected chi connectivity index (χ4v) is 2.68. The van der Waals surface area contributed by atoms with Gasteiger partial charge in [0.25, 0.3) is 0 Å². The highest BCUT2D eigenvalue weighted by Crippen LogP contribution is 2.16. The molecule has 2 unspecified atom stereocenters. The molecule has 112 valence electrons. The number of amides is 1. The molecule has 2 rings (SSSR count). The van der Waals surface area contributed by atoms with Crippen molar-refractivity contribution in [2.45, 2.75) is 25.4 Å². The summed E-state index contributed by atoms with van der Waals surface area (Å²) in [6.45, 7) is 4.77. The van der Waals surface area contributed by atoms with Crippen LogP contribution in [0, 0.1) is 5.92 Å². The Kier molecular flexibility index (Phi) is 7.68. The van der Waals surface area contributed by atoms with E-state index in [4.69, 9.17) is 9.47 Å². The second-order valence-corrected chi connectivity index (χ2v) is 5.19. The lowest BCUT2D eigenvalue weighted by molar-refractivity contribution is -0.141. The van der Waals surface area contributed by atoms with Crippen LogP contribution in [0.25, 0.3) is 0 Å². The number of nitrogens with zero attached hydrogens (tertiary/aromatic N) is 1. The number of carbonyl (C=O) groups excluding carboxylic acids is 1. The highest BCUT2D eigenvalue weighted by atomic mass is 35.5.